The number of thiophene rings is 1. The first-order valence-electron chi connectivity index (χ1n) is 10.1. The number of aryl methyl sites for hydroxylation is 1. The van der Waals surface area contributed by atoms with Gasteiger partial charge in [-0.2, -0.15) is 0 Å². The van der Waals surface area contributed by atoms with Crippen molar-refractivity contribution in [1.29, 1.82) is 0 Å². The molecule has 0 unspecified atom stereocenters. The molecule has 1 aliphatic rings. The smallest absolute Gasteiger partial charge is 0.123 e. The molecule has 7 heteroatoms. The summed E-state index contributed by atoms with van der Waals surface area (Å²) >= 11 is 1.61. The first-order chi connectivity index (χ1) is 14.9. The van der Waals surface area contributed by atoms with Crippen LogP contribution < -0.4 is 0 Å². The van der Waals surface area contributed by atoms with Gasteiger partial charge in [0.05, 0.1) is 18.8 Å². The molecule has 0 radical (unpaired) electrons. The fourth-order valence-electron chi connectivity index (χ4n) is 3.93. The number of aliphatic hydroxyl groups is 3. The van der Waals surface area contributed by atoms with E-state index in [1.54, 1.807) is 35.6 Å². The Balaban J connectivity index is 1.61. The fourth-order valence-corrected chi connectivity index (χ4v) is 4.97. The highest BCUT2D eigenvalue weighted by Crippen LogP contribution is 2.38. The maximum absolute atomic E-state index is 13.2. The largest absolute Gasteiger partial charge is 0.508 e. The minimum atomic E-state index is -1.20. The molecule has 0 amide bonds. The standard InChI is InChI=1S/C24H25FO5S/c1-13-8-20(27)19(24-23(29)21(28)11-17(12-26)30-24)10-15(13)9-18-6-7-22(31-18)14-2-4-16(25)5-3-14/h2-8,10,17,21,23-24,26-29H,9,11-12H2,1H3/t17-,21-,23+,24-/m0/s1. The van der Waals surface area contributed by atoms with Crippen LogP contribution in [0.4, 0.5) is 4.39 Å². The summed E-state index contributed by atoms with van der Waals surface area (Å²) in [6.45, 7) is 1.62. The molecule has 3 aromatic rings. The predicted octanol–water partition coefficient (Wildman–Crippen LogP) is 3.70. The summed E-state index contributed by atoms with van der Waals surface area (Å²) in [5, 5.41) is 40.5. The second-order valence-corrected chi connectivity index (χ2v) is 9.11. The van der Waals surface area contributed by atoms with E-state index in [1.165, 1.54) is 12.1 Å². The van der Waals surface area contributed by atoms with Crippen LogP contribution in [0.3, 0.4) is 0 Å². The highest BCUT2D eigenvalue weighted by atomic mass is 32.1. The normalized spacial score (nSPS) is 23.8. The third-order valence-electron chi connectivity index (χ3n) is 5.70. The van der Waals surface area contributed by atoms with E-state index in [9.17, 15) is 24.8 Å². The maximum atomic E-state index is 13.2. The van der Waals surface area contributed by atoms with E-state index < -0.39 is 24.4 Å². The van der Waals surface area contributed by atoms with Gasteiger partial charge in [-0.05, 0) is 60.0 Å². The van der Waals surface area contributed by atoms with Gasteiger partial charge >= 0.3 is 0 Å². The van der Waals surface area contributed by atoms with Crippen LogP contribution in [0.5, 0.6) is 5.75 Å². The summed E-state index contributed by atoms with van der Waals surface area (Å²) in [5.74, 6) is -0.289. The third kappa shape index (κ3) is 4.66. The van der Waals surface area contributed by atoms with Crippen LogP contribution in [0.25, 0.3) is 10.4 Å². The van der Waals surface area contributed by atoms with Gasteiger partial charge in [-0.15, -0.1) is 11.3 Å². The Morgan fingerprint density at radius 1 is 1.10 bits per heavy atom. The molecule has 164 valence electrons. The number of benzene rings is 2. The fraction of sp³-hybridized carbons (Fsp3) is 0.333. The van der Waals surface area contributed by atoms with Crippen molar-refractivity contribution in [2.75, 3.05) is 6.61 Å². The number of phenols is 1. The summed E-state index contributed by atoms with van der Waals surface area (Å²) in [6.07, 6.45) is -3.04. The Labute approximate surface area is 184 Å². The first kappa shape index (κ1) is 21.9. The first-order valence-corrected chi connectivity index (χ1v) is 11.0. The molecule has 4 rings (SSSR count). The summed E-state index contributed by atoms with van der Waals surface area (Å²) in [4.78, 5) is 2.13. The number of halogens is 1. The summed E-state index contributed by atoms with van der Waals surface area (Å²) in [7, 11) is 0. The molecule has 5 nitrogen and oxygen atoms in total. The van der Waals surface area contributed by atoms with Crippen molar-refractivity contribution in [2.45, 2.75) is 44.2 Å². The molecule has 2 heterocycles. The van der Waals surface area contributed by atoms with Crippen molar-refractivity contribution in [1.82, 2.24) is 0 Å². The van der Waals surface area contributed by atoms with Crippen LogP contribution in [-0.2, 0) is 11.2 Å². The van der Waals surface area contributed by atoms with Gasteiger partial charge in [0.25, 0.3) is 0 Å². The molecule has 4 atom stereocenters. The van der Waals surface area contributed by atoms with Gasteiger partial charge in [-0.25, -0.2) is 4.39 Å². The molecular weight excluding hydrogens is 419 g/mol. The van der Waals surface area contributed by atoms with Crippen LogP contribution in [0.2, 0.25) is 0 Å². The molecule has 0 saturated carbocycles. The van der Waals surface area contributed by atoms with Crippen LogP contribution in [0.1, 0.15) is 34.1 Å². The molecule has 4 N–H and O–H groups in total. The lowest BCUT2D eigenvalue weighted by Gasteiger charge is -2.37. The summed E-state index contributed by atoms with van der Waals surface area (Å²) < 4.78 is 18.9. The highest BCUT2D eigenvalue weighted by Gasteiger charge is 2.38. The second-order valence-electron chi connectivity index (χ2n) is 7.94. The Kier molecular flexibility index (Phi) is 6.41. The molecule has 0 bridgehead atoms. The number of phenolic OH excluding ortho intramolecular Hbond substituents is 1. The minimum absolute atomic E-state index is 0.0192. The summed E-state index contributed by atoms with van der Waals surface area (Å²) in [6, 6.07) is 13.8. The number of hydrogen-bond donors (Lipinski definition) is 4. The number of hydrogen-bond acceptors (Lipinski definition) is 6. The van der Waals surface area contributed by atoms with Crippen molar-refractivity contribution in [3.63, 3.8) is 0 Å². The van der Waals surface area contributed by atoms with Crippen LogP contribution in [0, 0.1) is 12.7 Å². The molecular formula is C24H25FO5S. The van der Waals surface area contributed by atoms with Gasteiger partial charge in [0.1, 0.15) is 23.8 Å². The number of aromatic hydroxyl groups is 1. The van der Waals surface area contributed by atoms with E-state index >= 15 is 0 Å². The van der Waals surface area contributed by atoms with Gasteiger partial charge < -0.3 is 25.2 Å². The molecule has 0 spiro atoms. The molecule has 1 fully saturated rings. The molecule has 31 heavy (non-hydrogen) atoms. The zero-order valence-electron chi connectivity index (χ0n) is 17.0. The van der Waals surface area contributed by atoms with Gasteiger partial charge in [0.15, 0.2) is 0 Å². The van der Waals surface area contributed by atoms with E-state index in [1.807, 2.05) is 19.1 Å². The lowest BCUT2D eigenvalue weighted by Crippen LogP contribution is -2.44. The van der Waals surface area contributed by atoms with Crippen molar-refractivity contribution in [3.8, 4) is 16.2 Å². The number of ether oxygens (including phenoxy) is 1. The van der Waals surface area contributed by atoms with Crippen molar-refractivity contribution < 1.29 is 29.6 Å². The van der Waals surface area contributed by atoms with Crippen molar-refractivity contribution >= 4 is 11.3 Å². The van der Waals surface area contributed by atoms with Gasteiger partial charge in [-0.1, -0.05) is 12.1 Å². The topological polar surface area (TPSA) is 90.2 Å². The molecule has 1 aliphatic heterocycles. The Morgan fingerprint density at radius 2 is 1.84 bits per heavy atom. The number of rotatable bonds is 5. The van der Waals surface area contributed by atoms with Gasteiger partial charge in [0, 0.05) is 28.2 Å². The van der Waals surface area contributed by atoms with E-state index in [0.717, 1.165) is 26.4 Å². The monoisotopic (exact) mass is 444 g/mol. The predicted molar refractivity (Wildman–Crippen MR) is 117 cm³/mol. The lowest BCUT2D eigenvalue weighted by atomic mass is 9.90. The number of aliphatic hydroxyl groups excluding tert-OH is 3. The SMILES string of the molecule is Cc1cc(O)c([C@@H]2O[C@H](CO)C[C@H](O)[C@H]2O)cc1Cc1ccc(-c2ccc(F)cc2)s1. The molecule has 1 aromatic heterocycles. The van der Waals surface area contributed by atoms with E-state index in [2.05, 4.69) is 0 Å². The molecule has 0 aliphatic carbocycles. The van der Waals surface area contributed by atoms with Crippen LogP contribution >= 0.6 is 11.3 Å². The minimum Gasteiger partial charge on any atom is -0.508 e. The summed E-state index contributed by atoms with van der Waals surface area (Å²) in [5.41, 5.74) is 3.18. The van der Waals surface area contributed by atoms with Crippen molar-refractivity contribution in [2.24, 2.45) is 0 Å². The average Bonchev–Trinajstić information content (AvgIpc) is 3.21. The van der Waals surface area contributed by atoms with Gasteiger partial charge in [0.2, 0.25) is 0 Å². The highest BCUT2D eigenvalue weighted by molar-refractivity contribution is 7.15. The van der Waals surface area contributed by atoms with Crippen LogP contribution in [0.15, 0.2) is 48.5 Å². The quantitative estimate of drug-likeness (QED) is 0.482. The second kappa shape index (κ2) is 9.06. The zero-order chi connectivity index (χ0) is 22.1. The zero-order valence-corrected chi connectivity index (χ0v) is 17.8. The molecule has 2 aromatic carbocycles. The van der Waals surface area contributed by atoms with Gasteiger partial charge in [-0.3, -0.25) is 0 Å². The van der Waals surface area contributed by atoms with E-state index in [-0.39, 0.29) is 24.6 Å². The van der Waals surface area contributed by atoms with Crippen LogP contribution in [-0.4, -0.2) is 45.3 Å². The third-order valence-corrected chi connectivity index (χ3v) is 6.83. The Hall–Kier alpha value is -2.29. The van der Waals surface area contributed by atoms with E-state index in [0.29, 0.717) is 12.0 Å². The Bertz CT molecular complexity index is 1050. The molecule has 1 saturated heterocycles. The Morgan fingerprint density at radius 3 is 2.55 bits per heavy atom. The lowest BCUT2D eigenvalue weighted by molar-refractivity contribution is -0.180. The maximum Gasteiger partial charge on any atom is 0.123 e. The van der Waals surface area contributed by atoms with E-state index in [4.69, 9.17) is 4.74 Å². The average molecular weight is 445 g/mol. The van der Waals surface area contributed by atoms with Crippen molar-refractivity contribution in [3.05, 3.63) is 75.9 Å².